The van der Waals surface area contributed by atoms with E-state index in [0.29, 0.717) is 39.7 Å². The molecule has 2 heterocycles. The van der Waals surface area contributed by atoms with Gasteiger partial charge in [-0.05, 0) is 12.1 Å². The molecule has 124 valence electrons. The van der Waals surface area contributed by atoms with E-state index in [4.69, 9.17) is 30.2 Å². The molecule has 1 aromatic carbocycles. The van der Waals surface area contributed by atoms with Gasteiger partial charge in [0.2, 0.25) is 11.8 Å². The zero-order valence-corrected chi connectivity index (χ0v) is 14.0. The lowest BCUT2D eigenvalue weighted by Crippen LogP contribution is -1.98. The van der Waals surface area contributed by atoms with Crippen molar-refractivity contribution in [2.24, 2.45) is 0 Å². The van der Waals surface area contributed by atoms with Gasteiger partial charge in [0.15, 0.2) is 11.7 Å². The van der Waals surface area contributed by atoms with Crippen molar-refractivity contribution in [3.63, 3.8) is 0 Å². The molecule has 0 aliphatic carbocycles. The van der Waals surface area contributed by atoms with Gasteiger partial charge in [0.1, 0.15) is 5.75 Å². The zero-order chi connectivity index (χ0) is 17.1. The van der Waals surface area contributed by atoms with Gasteiger partial charge < -0.3 is 18.6 Å². The Morgan fingerprint density at radius 3 is 2.38 bits per heavy atom. The molecule has 0 aliphatic heterocycles. The van der Waals surface area contributed by atoms with Crippen LogP contribution in [0.3, 0.4) is 0 Å². The number of nitrogens with zero attached hydrogens (tertiary/aromatic N) is 3. The van der Waals surface area contributed by atoms with Gasteiger partial charge in [0.25, 0.3) is 0 Å². The summed E-state index contributed by atoms with van der Waals surface area (Å²) in [4.78, 5) is 12.4. The van der Waals surface area contributed by atoms with Crippen LogP contribution in [0.2, 0.25) is 5.02 Å². The summed E-state index contributed by atoms with van der Waals surface area (Å²) in [7, 11) is 2.99. The Morgan fingerprint density at radius 2 is 1.79 bits per heavy atom. The van der Waals surface area contributed by atoms with Crippen molar-refractivity contribution in [2.75, 3.05) is 14.2 Å². The normalized spacial score (nSPS) is 10.5. The molecule has 0 bridgehead atoms. The monoisotopic (exact) mass is 347 g/mol. The van der Waals surface area contributed by atoms with Gasteiger partial charge in [-0.15, -0.1) is 0 Å². The number of benzene rings is 1. The van der Waals surface area contributed by atoms with E-state index in [1.807, 2.05) is 0 Å². The Hall–Kier alpha value is -2.80. The summed E-state index contributed by atoms with van der Waals surface area (Å²) in [6.45, 7) is 1.75. The second kappa shape index (κ2) is 6.76. The molecular weight excluding hydrogens is 334 g/mol. The molecule has 0 unspecified atom stereocenters. The SMILES string of the molecule is COc1cc(OC)nc(Oc2cccc(Cl)c2-c2cnc(C)o2)n1. The first kappa shape index (κ1) is 16.1. The van der Waals surface area contributed by atoms with Gasteiger partial charge in [-0.1, -0.05) is 17.7 Å². The molecule has 7 nitrogen and oxygen atoms in total. The van der Waals surface area contributed by atoms with Crippen molar-refractivity contribution in [3.05, 3.63) is 41.4 Å². The van der Waals surface area contributed by atoms with Gasteiger partial charge in [0.05, 0.1) is 37.1 Å². The van der Waals surface area contributed by atoms with Crippen LogP contribution in [0.15, 0.2) is 34.9 Å². The molecule has 2 aromatic heterocycles. The van der Waals surface area contributed by atoms with Crippen LogP contribution in [0.5, 0.6) is 23.5 Å². The highest BCUT2D eigenvalue weighted by Gasteiger charge is 2.17. The van der Waals surface area contributed by atoms with E-state index in [-0.39, 0.29) is 6.01 Å². The van der Waals surface area contributed by atoms with Gasteiger partial charge in [0, 0.05) is 6.92 Å². The van der Waals surface area contributed by atoms with Gasteiger partial charge in [-0.3, -0.25) is 0 Å². The fourth-order valence-corrected chi connectivity index (χ4v) is 2.30. The van der Waals surface area contributed by atoms with E-state index in [1.165, 1.54) is 14.2 Å². The summed E-state index contributed by atoms with van der Waals surface area (Å²) in [6, 6.07) is 6.82. The molecule has 0 N–H and O–H groups in total. The number of hydrogen-bond acceptors (Lipinski definition) is 7. The zero-order valence-electron chi connectivity index (χ0n) is 13.2. The summed E-state index contributed by atoms with van der Waals surface area (Å²) >= 11 is 6.30. The van der Waals surface area contributed by atoms with Crippen molar-refractivity contribution in [1.29, 1.82) is 0 Å². The predicted octanol–water partition coefficient (Wildman–Crippen LogP) is 3.90. The highest BCUT2D eigenvalue weighted by molar-refractivity contribution is 6.33. The van der Waals surface area contributed by atoms with Gasteiger partial charge in [-0.2, -0.15) is 9.97 Å². The lowest BCUT2D eigenvalue weighted by molar-refractivity contribution is 0.348. The third-order valence-electron chi connectivity index (χ3n) is 3.12. The Kier molecular flexibility index (Phi) is 4.52. The number of oxazole rings is 1. The van der Waals surface area contributed by atoms with Gasteiger partial charge >= 0.3 is 6.01 Å². The molecule has 0 atom stereocenters. The van der Waals surface area contributed by atoms with Crippen molar-refractivity contribution in [1.82, 2.24) is 15.0 Å². The summed E-state index contributed by atoms with van der Waals surface area (Å²) in [5.41, 5.74) is 0.560. The number of aromatic nitrogens is 3. The predicted molar refractivity (Wildman–Crippen MR) is 86.9 cm³/mol. The molecule has 0 aliphatic rings. The molecule has 0 saturated heterocycles. The number of hydrogen-bond donors (Lipinski definition) is 0. The van der Waals surface area contributed by atoms with Crippen LogP contribution >= 0.6 is 11.6 Å². The topological polar surface area (TPSA) is 79.5 Å². The lowest BCUT2D eigenvalue weighted by atomic mass is 10.1. The maximum absolute atomic E-state index is 6.30. The Bertz CT molecular complexity index is 844. The molecule has 0 amide bonds. The van der Waals surface area contributed by atoms with Crippen LogP contribution in [-0.4, -0.2) is 29.2 Å². The second-order valence-electron chi connectivity index (χ2n) is 4.69. The minimum Gasteiger partial charge on any atom is -0.481 e. The van der Waals surface area contributed by atoms with Gasteiger partial charge in [-0.25, -0.2) is 4.98 Å². The van der Waals surface area contributed by atoms with Crippen molar-refractivity contribution in [2.45, 2.75) is 6.92 Å². The summed E-state index contributed by atoms with van der Waals surface area (Å²) in [6.07, 6.45) is 1.58. The quantitative estimate of drug-likeness (QED) is 0.692. The highest BCUT2D eigenvalue weighted by atomic mass is 35.5. The molecule has 3 aromatic rings. The van der Waals surface area contributed by atoms with E-state index in [1.54, 1.807) is 37.4 Å². The maximum Gasteiger partial charge on any atom is 0.328 e. The first-order valence-electron chi connectivity index (χ1n) is 6.97. The van der Waals surface area contributed by atoms with Crippen molar-refractivity contribution in [3.8, 4) is 34.8 Å². The number of halogens is 1. The average molecular weight is 348 g/mol. The first-order chi connectivity index (χ1) is 11.6. The van der Waals surface area contributed by atoms with Crippen molar-refractivity contribution >= 4 is 11.6 Å². The fourth-order valence-electron chi connectivity index (χ4n) is 2.04. The molecular formula is C16H14ClN3O4. The Labute approximate surface area is 143 Å². The third kappa shape index (κ3) is 3.26. The number of rotatable bonds is 5. The molecule has 0 radical (unpaired) electrons. The van der Waals surface area contributed by atoms with Crippen LogP contribution in [0.25, 0.3) is 11.3 Å². The van der Waals surface area contributed by atoms with Crippen LogP contribution in [0.1, 0.15) is 5.89 Å². The second-order valence-corrected chi connectivity index (χ2v) is 5.10. The van der Waals surface area contributed by atoms with Crippen LogP contribution in [-0.2, 0) is 0 Å². The van der Waals surface area contributed by atoms with Crippen LogP contribution in [0.4, 0.5) is 0 Å². The minimum atomic E-state index is 0.0611. The number of ether oxygens (including phenoxy) is 3. The summed E-state index contributed by atoms with van der Waals surface area (Å²) in [5.74, 6) is 2.07. The van der Waals surface area contributed by atoms with E-state index >= 15 is 0 Å². The summed E-state index contributed by atoms with van der Waals surface area (Å²) in [5, 5.41) is 0.457. The molecule has 0 saturated carbocycles. The maximum atomic E-state index is 6.30. The minimum absolute atomic E-state index is 0.0611. The molecule has 0 spiro atoms. The Morgan fingerprint density at radius 1 is 1.08 bits per heavy atom. The van der Waals surface area contributed by atoms with E-state index in [0.717, 1.165) is 0 Å². The highest BCUT2D eigenvalue weighted by Crippen LogP contribution is 2.38. The largest absolute Gasteiger partial charge is 0.481 e. The van der Waals surface area contributed by atoms with Crippen LogP contribution in [0, 0.1) is 6.92 Å². The van der Waals surface area contributed by atoms with E-state index in [9.17, 15) is 0 Å². The average Bonchev–Trinajstić information content (AvgIpc) is 3.00. The van der Waals surface area contributed by atoms with Crippen molar-refractivity contribution < 1.29 is 18.6 Å². The Balaban J connectivity index is 2.03. The van der Waals surface area contributed by atoms with Crippen LogP contribution < -0.4 is 14.2 Å². The number of methoxy groups -OCH3 is 2. The molecule has 3 rings (SSSR count). The molecule has 24 heavy (non-hydrogen) atoms. The first-order valence-corrected chi connectivity index (χ1v) is 7.34. The van der Waals surface area contributed by atoms with E-state index < -0.39 is 0 Å². The lowest BCUT2D eigenvalue weighted by Gasteiger charge is -2.11. The fraction of sp³-hybridized carbons (Fsp3) is 0.188. The number of aryl methyl sites for hydroxylation is 1. The smallest absolute Gasteiger partial charge is 0.328 e. The third-order valence-corrected chi connectivity index (χ3v) is 3.44. The standard InChI is InChI=1S/C16H14ClN3O4/c1-9-18-8-12(23-9)15-10(17)5-4-6-11(15)24-16-19-13(21-2)7-14(20-16)22-3/h4-8H,1-3H3. The molecule has 0 fully saturated rings. The molecule has 8 heteroatoms. The summed E-state index contributed by atoms with van der Waals surface area (Å²) < 4.78 is 21.6. The van der Waals surface area contributed by atoms with E-state index in [2.05, 4.69) is 15.0 Å².